The Morgan fingerprint density at radius 2 is 1.36 bits per heavy atom. The van der Waals surface area contributed by atoms with Crippen LogP contribution in [0.5, 0.6) is 0 Å². The molecular formula is C19H41ClN2O6. The van der Waals surface area contributed by atoms with Crippen LogP contribution in [0.3, 0.4) is 0 Å². The zero-order valence-corrected chi connectivity index (χ0v) is 18.6. The van der Waals surface area contributed by atoms with Gasteiger partial charge in [-0.15, -0.1) is 10.2 Å². The van der Waals surface area contributed by atoms with Gasteiger partial charge in [-0.05, 0) is 25.8 Å². The predicted molar refractivity (Wildman–Crippen MR) is 97.4 cm³/mol. The molecule has 0 aliphatic heterocycles. The van der Waals surface area contributed by atoms with Crippen LogP contribution in [0, 0.1) is 16.2 Å². The van der Waals surface area contributed by atoms with E-state index in [4.69, 9.17) is 24.4 Å². The number of unbranched alkanes of at least 4 members (excludes halogenated alkanes) is 8. The highest BCUT2D eigenvalue weighted by Crippen LogP contribution is 2.16. The summed E-state index contributed by atoms with van der Waals surface area (Å²) in [6, 6.07) is 0. The van der Waals surface area contributed by atoms with E-state index in [-0.39, 0.29) is 10.6 Å². The highest BCUT2D eigenvalue weighted by Gasteiger charge is 2.25. The van der Waals surface area contributed by atoms with Gasteiger partial charge in [0.05, 0.1) is 20.0 Å². The lowest BCUT2D eigenvalue weighted by atomic mass is 9.93. The zero-order chi connectivity index (χ0) is 22.1. The number of hydrogen-bond donors (Lipinski definition) is 2. The summed E-state index contributed by atoms with van der Waals surface area (Å²) in [6.45, 7) is 3.35. The molecule has 170 valence electrons. The van der Waals surface area contributed by atoms with E-state index in [1.807, 2.05) is 0 Å². The lowest BCUT2D eigenvalue weighted by molar-refractivity contribution is -2.00. The van der Waals surface area contributed by atoms with Crippen LogP contribution in [0.4, 0.5) is 0 Å². The summed E-state index contributed by atoms with van der Waals surface area (Å²) in [5.41, 5.74) is 5.56. The first kappa shape index (κ1) is 29.9. The second kappa shape index (κ2) is 17.5. The third-order valence-corrected chi connectivity index (χ3v) is 4.41. The predicted octanol–water partition coefficient (Wildman–Crippen LogP) is -0.459. The zero-order valence-electron chi connectivity index (χ0n) is 17.9. The van der Waals surface area contributed by atoms with Crippen LogP contribution < -0.4 is 24.4 Å². The van der Waals surface area contributed by atoms with Gasteiger partial charge in [0.1, 0.15) is 12.3 Å². The Morgan fingerprint density at radius 3 is 1.75 bits per heavy atom. The van der Waals surface area contributed by atoms with Gasteiger partial charge in [-0.3, -0.25) is 4.79 Å². The van der Waals surface area contributed by atoms with Crippen molar-refractivity contribution in [2.45, 2.75) is 84.0 Å². The number of hydroxylamine groups is 3. The molecule has 3 N–H and O–H groups in total. The van der Waals surface area contributed by atoms with E-state index in [1.54, 1.807) is 14.1 Å². The van der Waals surface area contributed by atoms with E-state index >= 15 is 0 Å². The minimum atomic E-state index is -4.94. The quantitative estimate of drug-likeness (QED) is 0.191. The van der Waals surface area contributed by atoms with Crippen LogP contribution in [0.1, 0.15) is 84.0 Å². The summed E-state index contributed by atoms with van der Waals surface area (Å²) in [6.07, 6.45) is 13.7. The van der Waals surface area contributed by atoms with Gasteiger partial charge in [0, 0.05) is 6.42 Å². The topological polar surface area (TPSA) is 156 Å². The Labute approximate surface area is 172 Å². The van der Waals surface area contributed by atoms with E-state index in [0.717, 1.165) is 25.7 Å². The van der Waals surface area contributed by atoms with Gasteiger partial charge in [0.15, 0.2) is 0 Å². The Morgan fingerprint density at radius 1 is 0.929 bits per heavy atom. The number of Topliss-reactive ketones (excluding diaryl/α,β-unsaturated/α-hetero) is 1. The number of carbonyl (C=O) groups is 1. The molecule has 0 aromatic rings. The number of nitrogens with two attached hydrogens (primary N) is 1. The van der Waals surface area contributed by atoms with Crippen LogP contribution in [-0.4, -0.2) is 42.8 Å². The van der Waals surface area contributed by atoms with Gasteiger partial charge >= 0.3 is 0 Å². The van der Waals surface area contributed by atoms with Gasteiger partial charge < -0.3 is 5.73 Å². The van der Waals surface area contributed by atoms with Gasteiger partial charge in [-0.1, -0.05) is 58.3 Å². The van der Waals surface area contributed by atoms with Crippen LogP contribution in [0.25, 0.3) is 0 Å². The van der Waals surface area contributed by atoms with Gasteiger partial charge in [0.2, 0.25) is 0 Å². The summed E-state index contributed by atoms with van der Waals surface area (Å²) in [5.74, 6) is 0.259. The van der Waals surface area contributed by atoms with Crippen molar-refractivity contribution in [2.24, 2.45) is 11.7 Å². The molecule has 0 heterocycles. The SMILES string of the molecule is CCCCCCCCCCCC(=O)C(CCCN)C[N+](C)(C)O.[O-][Cl+3]([O-])([O-])[O-]. The Kier molecular flexibility index (Phi) is 18.7. The van der Waals surface area contributed by atoms with Crippen molar-refractivity contribution in [1.82, 2.24) is 0 Å². The van der Waals surface area contributed by atoms with Crippen molar-refractivity contribution in [2.75, 3.05) is 27.2 Å². The largest absolute Gasteiger partial charge is 0.330 e. The van der Waals surface area contributed by atoms with Crippen LogP contribution in [0.15, 0.2) is 0 Å². The number of ketones is 1. The van der Waals surface area contributed by atoms with E-state index < -0.39 is 10.2 Å². The first-order valence-corrected chi connectivity index (χ1v) is 11.5. The molecule has 0 aromatic carbocycles. The molecule has 9 heteroatoms. The number of carbonyl (C=O) groups excluding carboxylic acids is 1. The third-order valence-electron chi connectivity index (χ3n) is 4.41. The molecule has 0 radical (unpaired) electrons. The standard InChI is InChI=1S/C19H41N2O2.ClHO4/c1-4-5-6-7-8-9-10-11-12-15-19(22)18(14-13-16-20)17-21(2,3)23;2-1(3,4)5/h18,23H,4-17,20H2,1-3H3;(H,2,3,4,5)/q+1;/p-1. The summed E-state index contributed by atoms with van der Waals surface area (Å²) >= 11 is 0. The number of rotatable bonds is 16. The lowest BCUT2D eigenvalue weighted by Crippen LogP contribution is -2.68. The molecule has 1 atom stereocenters. The number of halogens is 1. The van der Waals surface area contributed by atoms with Crippen molar-refractivity contribution < 1.29 is 43.5 Å². The molecule has 0 saturated carbocycles. The normalized spacial score (nSPS) is 13.0. The molecule has 0 aromatic heterocycles. The third kappa shape index (κ3) is 27.9. The fraction of sp³-hybridized carbons (Fsp3) is 0.947. The van der Waals surface area contributed by atoms with E-state index in [1.165, 1.54) is 44.9 Å². The van der Waals surface area contributed by atoms with Crippen LogP contribution in [0.2, 0.25) is 0 Å². The molecule has 0 saturated heterocycles. The summed E-state index contributed by atoms with van der Waals surface area (Å²) in [4.78, 5) is 12.4. The molecule has 0 fully saturated rings. The second-order valence-electron chi connectivity index (χ2n) is 7.85. The Bertz CT molecular complexity index is 366. The molecule has 28 heavy (non-hydrogen) atoms. The van der Waals surface area contributed by atoms with Crippen molar-refractivity contribution >= 4 is 5.78 Å². The smallest absolute Gasteiger partial charge is 0.141 e. The molecule has 0 rings (SSSR count). The molecule has 0 spiro atoms. The van der Waals surface area contributed by atoms with Crippen molar-refractivity contribution in [3.63, 3.8) is 0 Å². The average molecular weight is 429 g/mol. The minimum Gasteiger partial charge on any atom is -0.330 e. The highest BCUT2D eigenvalue weighted by molar-refractivity contribution is 5.81. The van der Waals surface area contributed by atoms with Gasteiger partial charge in [0.25, 0.3) is 0 Å². The van der Waals surface area contributed by atoms with Gasteiger partial charge in [-0.25, -0.2) is 23.8 Å². The minimum absolute atomic E-state index is 0.0485. The van der Waals surface area contributed by atoms with Crippen LogP contribution >= 0.6 is 0 Å². The fourth-order valence-electron chi connectivity index (χ4n) is 3.07. The maximum Gasteiger partial charge on any atom is 0.141 e. The summed E-state index contributed by atoms with van der Waals surface area (Å²) in [5, 5.41) is 9.92. The summed E-state index contributed by atoms with van der Waals surface area (Å²) in [7, 11) is -1.50. The van der Waals surface area contributed by atoms with E-state index in [9.17, 15) is 10.0 Å². The van der Waals surface area contributed by atoms with E-state index in [0.29, 0.717) is 25.3 Å². The molecule has 8 nitrogen and oxygen atoms in total. The van der Waals surface area contributed by atoms with Crippen LogP contribution in [-0.2, 0) is 4.79 Å². The van der Waals surface area contributed by atoms with Gasteiger partial charge in [-0.2, -0.15) is 4.65 Å². The number of hydrogen-bond acceptors (Lipinski definition) is 7. The maximum atomic E-state index is 12.4. The van der Waals surface area contributed by atoms with Crippen molar-refractivity contribution in [3.8, 4) is 0 Å². The lowest BCUT2D eigenvalue weighted by Gasteiger charge is -2.25. The monoisotopic (exact) mass is 428 g/mol. The van der Waals surface area contributed by atoms with E-state index in [2.05, 4.69) is 6.92 Å². The molecule has 0 aliphatic rings. The Hall–Kier alpha value is -0.320. The molecule has 0 amide bonds. The molecule has 0 aliphatic carbocycles. The van der Waals surface area contributed by atoms with Crippen molar-refractivity contribution in [1.29, 1.82) is 0 Å². The number of quaternary nitrogens is 1. The number of nitrogens with zero attached hydrogens (tertiary/aromatic N) is 1. The highest BCUT2D eigenvalue weighted by atomic mass is 35.7. The second-order valence-corrected chi connectivity index (χ2v) is 8.61. The van der Waals surface area contributed by atoms with Crippen molar-refractivity contribution in [3.05, 3.63) is 0 Å². The molecule has 0 bridgehead atoms. The summed E-state index contributed by atoms with van der Waals surface area (Å²) < 4.78 is 33.8. The molecular weight excluding hydrogens is 388 g/mol. The maximum absolute atomic E-state index is 12.4. The fourth-order valence-corrected chi connectivity index (χ4v) is 3.07. The Balaban J connectivity index is 0. The first-order chi connectivity index (χ1) is 12.9. The molecule has 1 unspecified atom stereocenters. The average Bonchev–Trinajstić information content (AvgIpc) is 2.54. The first-order valence-electron chi connectivity index (χ1n) is 10.3.